The van der Waals surface area contributed by atoms with E-state index in [0.717, 1.165) is 16.9 Å². The Morgan fingerprint density at radius 3 is 2.65 bits per heavy atom. The Morgan fingerprint density at radius 1 is 1.20 bits per heavy atom. The lowest BCUT2D eigenvalue weighted by molar-refractivity contribution is 0.0657. The van der Waals surface area contributed by atoms with E-state index in [2.05, 4.69) is 0 Å². The van der Waals surface area contributed by atoms with Gasteiger partial charge in [-0.1, -0.05) is 23.7 Å². The maximum atomic E-state index is 10.3. The van der Waals surface area contributed by atoms with Crippen LogP contribution in [0.25, 0.3) is 0 Å². The smallest absolute Gasteiger partial charge is 0.127 e. The molecule has 2 atom stereocenters. The van der Waals surface area contributed by atoms with Gasteiger partial charge in [0.2, 0.25) is 0 Å². The van der Waals surface area contributed by atoms with E-state index >= 15 is 0 Å². The molecule has 20 heavy (non-hydrogen) atoms. The molecule has 0 saturated carbocycles. The number of hydrogen-bond acceptors (Lipinski definition) is 3. The van der Waals surface area contributed by atoms with Crippen molar-refractivity contribution in [3.63, 3.8) is 0 Å². The van der Waals surface area contributed by atoms with Crippen LogP contribution in [0.15, 0.2) is 42.5 Å². The highest BCUT2D eigenvalue weighted by molar-refractivity contribution is 6.30. The van der Waals surface area contributed by atoms with Crippen molar-refractivity contribution in [3.8, 4) is 11.5 Å². The fourth-order valence-corrected chi connectivity index (χ4v) is 2.62. The molecule has 1 aliphatic heterocycles. The fraction of sp³-hybridized carbons (Fsp3) is 0.250. The monoisotopic (exact) mass is 290 g/mol. The van der Waals surface area contributed by atoms with Crippen molar-refractivity contribution >= 4 is 11.6 Å². The number of aliphatic hydroxyl groups excluding tert-OH is 1. The minimum absolute atomic E-state index is 0.162. The third-order valence-electron chi connectivity index (χ3n) is 3.52. The van der Waals surface area contributed by atoms with Crippen molar-refractivity contribution in [2.45, 2.75) is 18.6 Å². The minimum Gasteiger partial charge on any atom is -0.497 e. The van der Waals surface area contributed by atoms with E-state index in [1.54, 1.807) is 25.3 Å². The number of methoxy groups -OCH3 is 1. The van der Waals surface area contributed by atoms with Crippen molar-refractivity contribution in [2.75, 3.05) is 7.11 Å². The summed E-state index contributed by atoms with van der Waals surface area (Å²) < 4.78 is 11.1. The predicted molar refractivity (Wildman–Crippen MR) is 77.4 cm³/mol. The molecule has 0 spiro atoms. The normalized spacial score (nSPS) is 20.9. The van der Waals surface area contributed by atoms with Crippen molar-refractivity contribution in [1.29, 1.82) is 0 Å². The number of rotatable bonds is 2. The van der Waals surface area contributed by atoms with Gasteiger partial charge in [-0.05, 0) is 35.9 Å². The van der Waals surface area contributed by atoms with Crippen LogP contribution in [0.2, 0.25) is 5.02 Å². The van der Waals surface area contributed by atoms with E-state index in [4.69, 9.17) is 21.1 Å². The molecule has 104 valence electrons. The topological polar surface area (TPSA) is 38.7 Å². The van der Waals surface area contributed by atoms with Gasteiger partial charge in [0.15, 0.2) is 0 Å². The van der Waals surface area contributed by atoms with Gasteiger partial charge >= 0.3 is 0 Å². The van der Waals surface area contributed by atoms with Gasteiger partial charge in [-0.25, -0.2) is 0 Å². The lowest BCUT2D eigenvalue weighted by Gasteiger charge is -2.30. The lowest BCUT2D eigenvalue weighted by Crippen LogP contribution is -2.18. The molecule has 0 aromatic heterocycles. The third-order valence-corrected chi connectivity index (χ3v) is 3.76. The first-order chi connectivity index (χ1) is 9.67. The first-order valence-corrected chi connectivity index (χ1v) is 6.83. The zero-order chi connectivity index (χ0) is 14.1. The molecule has 4 heteroatoms. The summed E-state index contributed by atoms with van der Waals surface area (Å²) in [5, 5.41) is 10.9. The minimum atomic E-state index is -0.565. The highest BCUT2D eigenvalue weighted by atomic mass is 35.5. The highest BCUT2D eigenvalue weighted by Crippen LogP contribution is 2.41. The zero-order valence-corrected chi connectivity index (χ0v) is 11.8. The molecule has 1 heterocycles. The van der Waals surface area contributed by atoms with E-state index in [1.165, 1.54) is 0 Å². The number of halogens is 1. The van der Waals surface area contributed by atoms with E-state index in [1.807, 2.05) is 24.3 Å². The van der Waals surface area contributed by atoms with Crippen molar-refractivity contribution < 1.29 is 14.6 Å². The average Bonchev–Trinajstić information content (AvgIpc) is 2.48. The Bertz CT molecular complexity index is 610. The molecule has 0 aliphatic carbocycles. The number of ether oxygens (including phenoxy) is 2. The maximum Gasteiger partial charge on any atom is 0.127 e. The summed E-state index contributed by atoms with van der Waals surface area (Å²) in [4.78, 5) is 0. The second-order valence-corrected chi connectivity index (χ2v) is 5.25. The maximum absolute atomic E-state index is 10.3. The Morgan fingerprint density at radius 2 is 1.95 bits per heavy atom. The van der Waals surface area contributed by atoms with E-state index in [9.17, 15) is 5.11 Å². The highest BCUT2D eigenvalue weighted by Gasteiger charge is 2.28. The van der Waals surface area contributed by atoms with Crippen LogP contribution in [0, 0.1) is 0 Å². The molecule has 1 N–H and O–H groups in total. The summed E-state index contributed by atoms with van der Waals surface area (Å²) in [5.74, 6) is 1.49. The van der Waals surface area contributed by atoms with Gasteiger partial charge in [-0.15, -0.1) is 0 Å². The molecule has 1 aliphatic rings. The number of fused-ring (bicyclic) bond motifs is 1. The van der Waals surface area contributed by atoms with Crippen molar-refractivity contribution in [2.24, 2.45) is 0 Å². The van der Waals surface area contributed by atoms with Gasteiger partial charge in [0.1, 0.15) is 17.6 Å². The molecule has 2 aromatic carbocycles. The van der Waals surface area contributed by atoms with Crippen LogP contribution in [0.3, 0.4) is 0 Å². The molecule has 0 amide bonds. The van der Waals surface area contributed by atoms with Crippen LogP contribution in [0.1, 0.15) is 29.8 Å². The number of hydrogen-bond donors (Lipinski definition) is 1. The van der Waals surface area contributed by atoms with E-state index in [-0.39, 0.29) is 6.10 Å². The quantitative estimate of drug-likeness (QED) is 0.911. The number of aliphatic hydroxyl groups is 1. The Labute approximate surface area is 122 Å². The van der Waals surface area contributed by atoms with Gasteiger partial charge in [0.05, 0.1) is 13.2 Å². The van der Waals surface area contributed by atoms with E-state index < -0.39 is 6.10 Å². The second-order valence-electron chi connectivity index (χ2n) is 4.81. The van der Waals surface area contributed by atoms with Gasteiger partial charge in [0, 0.05) is 17.0 Å². The zero-order valence-electron chi connectivity index (χ0n) is 11.0. The molecule has 0 fully saturated rings. The second kappa shape index (κ2) is 5.35. The molecule has 0 saturated heterocycles. The molecular weight excluding hydrogens is 276 g/mol. The molecule has 0 bridgehead atoms. The summed E-state index contributed by atoms with van der Waals surface area (Å²) in [6.07, 6.45) is -0.214. The fourth-order valence-electron chi connectivity index (χ4n) is 2.44. The summed E-state index contributed by atoms with van der Waals surface area (Å²) in [6, 6.07) is 13.0. The van der Waals surface area contributed by atoms with Gasteiger partial charge in [-0.2, -0.15) is 0 Å². The van der Waals surface area contributed by atoms with Crippen molar-refractivity contribution in [1.82, 2.24) is 0 Å². The Kier molecular flexibility index (Phi) is 3.55. The van der Waals surface area contributed by atoms with Crippen LogP contribution < -0.4 is 9.47 Å². The molecule has 3 nitrogen and oxygen atoms in total. The molecular formula is C16H15ClO3. The SMILES string of the molecule is COc1ccc([C@@H]2C[C@H](O)c3cc(Cl)ccc3O2)cc1. The van der Waals surface area contributed by atoms with Crippen LogP contribution in [-0.4, -0.2) is 12.2 Å². The molecule has 3 rings (SSSR count). The average molecular weight is 291 g/mol. The summed E-state index contributed by atoms with van der Waals surface area (Å²) in [7, 11) is 1.63. The van der Waals surface area contributed by atoms with E-state index in [0.29, 0.717) is 17.2 Å². The largest absolute Gasteiger partial charge is 0.497 e. The van der Waals surface area contributed by atoms with Crippen LogP contribution in [0.4, 0.5) is 0 Å². The van der Waals surface area contributed by atoms with Gasteiger partial charge < -0.3 is 14.6 Å². The van der Waals surface area contributed by atoms with Gasteiger partial charge in [-0.3, -0.25) is 0 Å². The summed E-state index contributed by atoms with van der Waals surface area (Å²) in [6.45, 7) is 0. The van der Waals surface area contributed by atoms with Crippen LogP contribution in [-0.2, 0) is 0 Å². The number of benzene rings is 2. The summed E-state index contributed by atoms with van der Waals surface area (Å²) >= 11 is 5.95. The predicted octanol–water partition coefficient (Wildman–Crippen LogP) is 3.91. The standard InChI is InChI=1S/C16H15ClO3/c1-19-12-5-2-10(3-6-12)16-9-14(18)13-8-11(17)4-7-15(13)20-16/h2-8,14,16,18H,9H2,1H3/t14-,16-/m0/s1. The molecule has 2 aromatic rings. The Hall–Kier alpha value is -1.71. The lowest BCUT2D eigenvalue weighted by atomic mass is 9.95. The van der Waals surface area contributed by atoms with Gasteiger partial charge in [0.25, 0.3) is 0 Å². The van der Waals surface area contributed by atoms with Crippen molar-refractivity contribution in [3.05, 3.63) is 58.6 Å². The molecule has 0 unspecified atom stereocenters. The third kappa shape index (κ3) is 2.47. The van der Waals surface area contributed by atoms with Crippen LogP contribution >= 0.6 is 11.6 Å². The first kappa shape index (κ1) is 13.3. The molecule has 0 radical (unpaired) electrons. The van der Waals surface area contributed by atoms with Crippen LogP contribution in [0.5, 0.6) is 11.5 Å². The summed E-state index contributed by atoms with van der Waals surface area (Å²) in [5.41, 5.74) is 1.77. The Balaban J connectivity index is 1.88. The first-order valence-electron chi connectivity index (χ1n) is 6.45.